The second-order valence-electron chi connectivity index (χ2n) is 3.99. The Hall–Kier alpha value is -2.01. The summed E-state index contributed by atoms with van der Waals surface area (Å²) in [4.78, 5) is 27.7. The summed E-state index contributed by atoms with van der Waals surface area (Å²) in [6, 6.07) is 5.36. The van der Waals surface area contributed by atoms with Gasteiger partial charge in [-0.05, 0) is 37.6 Å². The molecule has 1 aromatic rings. The van der Waals surface area contributed by atoms with Gasteiger partial charge in [0.2, 0.25) is 6.10 Å². The number of pyridine rings is 1. The van der Waals surface area contributed by atoms with E-state index >= 15 is 0 Å². The Kier molecular flexibility index (Phi) is 7.21. The minimum absolute atomic E-state index is 0.210. The lowest BCUT2D eigenvalue weighted by atomic mass is 10.2. The lowest BCUT2D eigenvalue weighted by Gasteiger charge is -2.13. The number of rotatable bonds is 8. The molecule has 0 aliphatic carbocycles. The van der Waals surface area contributed by atoms with Gasteiger partial charge in [0, 0.05) is 12.8 Å². The summed E-state index contributed by atoms with van der Waals surface area (Å²) in [7, 11) is 0. The van der Waals surface area contributed by atoms with Crippen molar-refractivity contribution in [3.63, 3.8) is 0 Å². The normalized spacial score (nSPS) is 12.3. The maximum atomic E-state index is 12.0. The summed E-state index contributed by atoms with van der Waals surface area (Å²) in [6.45, 7) is 4.12. The highest BCUT2D eigenvalue weighted by molar-refractivity contribution is 6.09. The molecule has 0 aliphatic rings. The van der Waals surface area contributed by atoms with Crippen molar-refractivity contribution in [1.82, 2.24) is 4.98 Å². The molecule has 0 aliphatic heterocycles. The van der Waals surface area contributed by atoms with Crippen molar-refractivity contribution in [2.45, 2.75) is 26.4 Å². The van der Waals surface area contributed by atoms with Gasteiger partial charge in [-0.1, -0.05) is 13.0 Å². The van der Waals surface area contributed by atoms with Crippen LogP contribution in [-0.4, -0.2) is 36.1 Å². The SMILES string of the molecule is CCCOC(C(=O)C=Cc1ccccn1)C(=O)OCC. The van der Waals surface area contributed by atoms with Gasteiger partial charge in [0.25, 0.3) is 0 Å². The van der Waals surface area contributed by atoms with Crippen molar-refractivity contribution in [2.75, 3.05) is 13.2 Å². The molecule has 1 aromatic heterocycles. The number of hydrogen-bond acceptors (Lipinski definition) is 5. The summed E-state index contributed by atoms with van der Waals surface area (Å²) in [5, 5.41) is 0. The molecule has 20 heavy (non-hydrogen) atoms. The van der Waals surface area contributed by atoms with E-state index in [1.54, 1.807) is 31.3 Å². The number of nitrogens with zero attached hydrogens (tertiary/aromatic N) is 1. The molecule has 1 heterocycles. The molecule has 0 radical (unpaired) electrons. The fourth-order valence-corrected chi connectivity index (χ4v) is 1.45. The van der Waals surface area contributed by atoms with E-state index in [4.69, 9.17) is 9.47 Å². The number of esters is 1. The van der Waals surface area contributed by atoms with Crippen LogP contribution in [0.25, 0.3) is 6.08 Å². The zero-order valence-electron chi connectivity index (χ0n) is 11.7. The molecule has 1 atom stereocenters. The first-order valence-electron chi connectivity index (χ1n) is 6.60. The molecule has 0 fully saturated rings. The number of aromatic nitrogens is 1. The molecule has 0 amide bonds. The second-order valence-corrected chi connectivity index (χ2v) is 3.99. The molecule has 0 spiro atoms. The van der Waals surface area contributed by atoms with Gasteiger partial charge in [0.05, 0.1) is 12.3 Å². The van der Waals surface area contributed by atoms with Crippen LogP contribution < -0.4 is 0 Å². The van der Waals surface area contributed by atoms with Crippen LogP contribution in [0.15, 0.2) is 30.5 Å². The van der Waals surface area contributed by atoms with Crippen LogP contribution in [0.2, 0.25) is 0 Å². The Bertz CT molecular complexity index is 456. The van der Waals surface area contributed by atoms with Crippen molar-refractivity contribution in [3.05, 3.63) is 36.2 Å². The monoisotopic (exact) mass is 277 g/mol. The van der Waals surface area contributed by atoms with Crippen LogP contribution in [0.3, 0.4) is 0 Å². The highest BCUT2D eigenvalue weighted by Gasteiger charge is 2.26. The van der Waals surface area contributed by atoms with Crippen LogP contribution in [0.5, 0.6) is 0 Å². The van der Waals surface area contributed by atoms with Crippen molar-refractivity contribution in [1.29, 1.82) is 0 Å². The van der Waals surface area contributed by atoms with E-state index < -0.39 is 17.9 Å². The van der Waals surface area contributed by atoms with Gasteiger partial charge in [0.1, 0.15) is 0 Å². The highest BCUT2D eigenvalue weighted by atomic mass is 16.6. The molecule has 1 rings (SSSR count). The molecular formula is C15H19NO4. The quantitative estimate of drug-likeness (QED) is 0.413. The maximum absolute atomic E-state index is 12.0. The molecular weight excluding hydrogens is 258 g/mol. The van der Waals surface area contributed by atoms with E-state index in [0.717, 1.165) is 0 Å². The number of ether oxygens (including phenoxy) is 2. The second kappa shape index (κ2) is 8.98. The summed E-state index contributed by atoms with van der Waals surface area (Å²) < 4.78 is 10.1. The van der Waals surface area contributed by atoms with Crippen LogP contribution in [-0.2, 0) is 19.1 Å². The van der Waals surface area contributed by atoms with Crippen LogP contribution in [0.4, 0.5) is 0 Å². The smallest absolute Gasteiger partial charge is 0.343 e. The zero-order valence-corrected chi connectivity index (χ0v) is 11.7. The topological polar surface area (TPSA) is 65.5 Å². The zero-order chi connectivity index (χ0) is 14.8. The number of hydrogen-bond donors (Lipinski definition) is 0. The van der Waals surface area contributed by atoms with Crippen molar-refractivity contribution < 1.29 is 19.1 Å². The van der Waals surface area contributed by atoms with Gasteiger partial charge in [-0.15, -0.1) is 0 Å². The minimum atomic E-state index is -1.20. The Morgan fingerprint density at radius 1 is 1.35 bits per heavy atom. The van der Waals surface area contributed by atoms with Gasteiger partial charge < -0.3 is 9.47 Å². The molecule has 0 N–H and O–H groups in total. The molecule has 108 valence electrons. The van der Waals surface area contributed by atoms with Crippen molar-refractivity contribution in [3.8, 4) is 0 Å². The fraction of sp³-hybridized carbons (Fsp3) is 0.400. The third kappa shape index (κ3) is 5.32. The van der Waals surface area contributed by atoms with E-state index in [1.165, 1.54) is 6.08 Å². The predicted octanol–water partition coefficient (Wildman–Crippen LogP) is 2.02. The summed E-state index contributed by atoms with van der Waals surface area (Å²) in [5.41, 5.74) is 0.638. The molecule has 5 heteroatoms. The van der Waals surface area contributed by atoms with Crippen molar-refractivity contribution >= 4 is 17.8 Å². The average molecular weight is 277 g/mol. The molecule has 5 nitrogen and oxygen atoms in total. The first kappa shape index (κ1) is 16.0. The van der Waals surface area contributed by atoms with Crippen LogP contribution >= 0.6 is 0 Å². The van der Waals surface area contributed by atoms with E-state index in [-0.39, 0.29) is 6.61 Å². The first-order chi connectivity index (χ1) is 9.69. The van der Waals surface area contributed by atoms with E-state index in [0.29, 0.717) is 18.7 Å². The standard InChI is InChI=1S/C15H19NO4/c1-3-11-20-14(15(18)19-4-2)13(17)9-8-12-7-5-6-10-16-12/h5-10,14H,3-4,11H2,1-2H3. The third-order valence-electron chi connectivity index (χ3n) is 2.35. The van der Waals surface area contributed by atoms with Crippen LogP contribution in [0, 0.1) is 0 Å². The third-order valence-corrected chi connectivity index (χ3v) is 2.35. The van der Waals surface area contributed by atoms with Crippen molar-refractivity contribution in [2.24, 2.45) is 0 Å². The molecule has 1 unspecified atom stereocenters. The predicted molar refractivity (Wildman–Crippen MR) is 74.9 cm³/mol. The van der Waals surface area contributed by atoms with E-state index in [1.807, 2.05) is 13.0 Å². The number of carbonyl (C=O) groups excluding carboxylic acids is 2. The molecule has 0 saturated heterocycles. The van der Waals surface area contributed by atoms with Gasteiger partial charge >= 0.3 is 5.97 Å². The van der Waals surface area contributed by atoms with Gasteiger partial charge in [-0.3, -0.25) is 9.78 Å². The van der Waals surface area contributed by atoms with Gasteiger partial charge in [-0.2, -0.15) is 0 Å². The Balaban J connectivity index is 2.72. The van der Waals surface area contributed by atoms with E-state index in [9.17, 15) is 9.59 Å². The largest absolute Gasteiger partial charge is 0.464 e. The lowest BCUT2D eigenvalue weighted by Crippen LogP contribution is -2.34. The number of carbonyl (C=O) groups is 2. The molecule has 0 bridgehead atoms. The Morgan fingerprint density at radius 2 is 2.15 bits per heavy atom. The summed E-state index contributed by atoms with van der Waals surface area (Å²) >= 11 is 0. The molecule has 0 aromatic carbocycles. The first-order valence-corrected chi connectivity index (χ1v) is 6.60. The minimum Gasteiger partial charge on any atom is -0.464 e. The van der Waals surface area contributed by atoms with Gasteiger partial charge in [-0.25, -0.2) is 4.79 Å². The maximum Gasteiger partial charge on any atom is 0.343 e. The lowest BCUT2D eigenvalue weighted by molar-refractivity contribution is -0.159. The summed E-state index contributed by atoms with van der Waals surface area (Å²) in [5.74, 6) is -1.10. The highest BCUT2D eigenvalue weighted by Crippen LogP contribution is 2.03. The van der Waals surface area contributed by atoms with Gasteiger partial charge in [0.15, 0.2) is 5.78 Å². The molecule has 0 saturated carbocycles. The van der Waals surface area contributed by atoms with E-state index in [2.05, 4.69) is 4.98 Å². The summed E-state index contributed by atoms with van der Waals surface area (Å²) in [6.07, 6.45) is 3.98. The Morgan fingerprint density at radius 3 is 2.75 bits per heavy atom. The number of ketones is 1. The fourth-order valence-electron chi connectivity index (χ4n) is 1.45. The average Bonchev–Trinajstić information content (AvgIpc) is 2.47. The Labute approximate surface area is 118 Å². The van der Waals surface area contributed by atoms with Crippen LogP contribution in [0.1, 0.15) is 26.0 Å².